The molecule has 0 radical (unpaired) electrons. The summed E-state index contributed by atoms with van der Waals surface area (Å²) in [7, 11) is 0. The zero-order chi connectivity index (χ0) is 10.7. The van der Waals surface area contributed by atoms with E-state index in [-0.39, 0.29) is 0 Å². The average molecular weight is 210 g/mol. The van der Waals surface area contributed by atoms with Gasteiger partial charge in [0.2, 0.25) is 0 Å². The van der Waals surface area contributed by atoms with E-state index in [0.29, 0.717) is 5.54 Å². The number of piperazine rings is 1. The lowest BCUT2D eigenvalue weighted by molar-refractivity contribution is 0.0253. The van der Waals surface area contributed by atoms with Gasteiger partial charge in [0.05, 0.1) is 0 Å². The summed E-state index contributed by atoms with van der Waals surface area (Å²) >= 11 is 0. The normalized spacial score (nSPS) is 27.6. The molecule has 2 heteroatoms. The fraction of sp³-hybridized carbons (Fsp3) is 1.00. The minimum absolute atomic E-state index is 0.466. The lowest BCUT2D eigenvalue weighted by Crippen LogP contribution is -2.61. The molecule has 0 aromatic carbocycles. The van der Waals surface area contributed by atoms with E-state index >= 15 is 0 Å². The summed E-state index contributed by atoms with van der Waals surface area (Å²) in [5.74, 6) is 1.01. The van der Waals surface area contributed by atoms with E-state index in [9.17, 15) is 0 Å². The highest BCUT2D eigenvalue weighted by Gasteiger charge is 2.37. The zero-order valence-corrected chi connectivity index (χ0v) is 10.4. The van der Waals surface area contributed by atoms with E-state index in [1.807, 2.05) is 0 Å². The van der Waals surface area contributed by atoms with Crippen molar-refractivity contribution < 1.29 is 0 Å². The molecule has 0 atom stereocenters. The van der Waals surface area contributed by atoms with Crippen molar-refractivity contribution >= 4 is 0 Å². The number of nitrogens with one attached hydrogen (secondary N) is 1. The first kappa shape index (κ1) is 11.4. The Morgan fingerprint density at radius 3 is 2.53 bits per heavy atom. The SMILES string of the molecule is CCC1(CC)CNCCN1CC1CCC1. The molecule has 0 aromatic heterocycles. The van der Waals surface area contributed by atoms with E-state index in [4.69, 9.17) is 0 Å². The number of rotatable bonds is 4. The molecule has 0 spiro atoms. The highest BCUT2D eigenvalue weighted by atomic mass is 15.3. The van der Waals surface area contributed by atoms with Gasteiger partial charge in [-0.25, -0.2) is 0 Å². The fourth-order valence-corrected chi connectivity index (χ4v) is 3.10. The van der Waals surface area contributed by atoms with Crippen LogP contribution in [0, 0.1) is 5.92 Å². The summed E-state index contributed by atoms with van der Waals surface area (Å²) in [5.41, 5.74) is 0.466. The van der Waals surface area contributed by atoms with Crippen LogP contribution in [-0.2, 0) is 0 Å². The molecule has 88 valence electrons. The predicted molar refractivity (Wildman–Crippen MR) is 65.1 cm³/mol. The summed E-state index contributed by atoms with van der Waals surface area (Å²) in [6, 6.07) is 0. The van der Waals surface area contributed by atoms with Gasteiger partial charge in [-0.15, -0.1) is 0 Å². The molecule has 1 N–H and O–H groups in total. The minimum atomic E-state index is 0.466. The van der Waals surface area contributed by atoms with Gasteiger partial charge in [-0.1, -0.05) is 20.3 Å². The van der Waals surface area contributed by atoms with Crippen LogP contribution >= 0.6 is 0 Å². The first-order chi connectivity index (χ1) is 7.30. The van der Waals surface area contributed by atoms with Crippen LogP contribution in [-0.4, -0.2) is 36.6 Å². The molecule has 1 heterocycles. The van der Waals surface area contributed by atoms with Gasteiger partial charge in [-0.2, -0.15) is 0 Å². The Morgan fingerprint density at radius 1 is 1.27 bits per heavy atom. The molecular formula is C13H26N2. The Hall–Kier alpha value is -0.0800. The molecule has 2 aliphatic rings. The highest BCUT2D eigenvalue weighted by Crippen LogP contribution is 2.32. The molecule has 2 rings (SSSR count). The summed E-state index contributed by atoms with van der Waals surface area (Å²) in [4.78, 5) is 2.79. The second kappa shape index (κ2) is 4.84. The second-order valence-electron chi connectivity index (χ2n) is 5.35. The van der Waals surface area contributed by atoms with Crippen molar-refractivity contribution in [2.24, 2.45) is 5.92 Å². The number of nitrogens with zero attached hydrogens (tertiary/aromatic N) is 1. The molecular weight excluding hydrogens is 184 g/mol. The smallest absolute Gasteiger partial charge is 0.0329 e. The first-order valence-corrected chi connectivity index (χ1v) is 6.76. The molecule has 1 aliphatic carbocycles. The van der Waals surface area contributed by atoms with Gasteiger partial charge in [0.1, 0.15) is 0 Å². The molecule has 0 unspecified atom stereocenters. The monoisotopic (exact) mass is 210 g/mol. The maximum absolute atomic E-state index is 3.58. The summed E-state index contributed by atoms with van der Waals surface area (Å²) in [6.07, 6.45) is 7.02. The molecule has 0 amide bonds. The number of hydrogen-bond acceptors (Lipinski definition) is 2. The molecule has 1 aliphatic heterocycles. The molecule has 0 bridgehead atoms. The van der Waals surface area contributed by atoms with Gasteiger partial charge < -0.3 is 5.32 Å². The van der Waals surface area contributed by atoms with E-state index in [1.54, 1.807) is 0 Å². The summed E-state index contributed by atoms with van der Waals surface area (Å²) < 4.78 is 0. The van der Waals surface area contributed by atoms with Crippen LogP contribution in [0.15, 0.2) is 0 Å². The van der Waals surface area contributed by atoms with Crippen molar-refractivity contribution in [1.29, 1.82) is 0 Å². The zero-order valence-electron chi connectivity index (χ0n) is 10.4. The van der Waals surface area contributed by atoms with Crippen LogP contribution in [0.1, 0.15) is 46.0 Å². The third kappa shape index (κ3) is 2.21. The van der Waals surface area contributed by atoms with Gasteiger partial charge in [0, 0.05) is 31.7 Å². The van der Waals surface area contributed by atoms with Crippen LogP contribution in [0.25, 0.3) is 0 Å². The van der Waals surface area contributed by atoms with Crippen molar-refractivity contribution in [3.63, 3.8) is 0 Å². The van der Waals surface area contributed by atoms with Crippen LogP contribution in [0.5, 0.6) is 0 Å². The van der Waals surface area contributed by atoms with Crippen molar-refractivity contribution in [3.8, 4) is 0 Å². The van der Waals surface area contributed by atoms with Crippen molar-refractivity contribution in [1.82, 2.24) is 10.2 Å². The third-order valence-electron chi connectivity index (χ3n) is 4.70. The molecule has 1 saturated carbocycles. The van der Waals surface area contributed by atoms with Gasteiger partial charge >= 0.3 is 0 Å². The molecule has 0 aromatic rings. The van der Waals surface area contributed by atoms with Crippen LogP contribution in [0.4, 0.5) is 0 Å². The van der Waals surface area contributed by atoms with E-state index in [0.717, 1.165) is 5.92 Å². The van der Waals surface area contributed by atoms with Gasteiger partial charge in [-0.05, 0) is 31.6 Å². The Morgan fingerprint density at radius 2 is 2.00 bits per heavy atom. The third-order valence-corrected chi connectivity index (χ3v) is 4.70. The number of hydrogen-bond donors (Lipinski definition) is 1. The minimum Gasteiger partial charge on any atom is -0.314 e. The lowest BCUT2D eigenvalue weighted by atomic mass is 9.82. The van der Waals surface area contributed by atoms with Gasteiger partial charge in [0.15, 0.2) is 0 Å². The van der Waals surface area contributed by atoms with E-state index < -0.39 is 0 Å². The topological polar surface area (TPSA) is 15.3 Å². The highest BCUT2D eigenvalue weighted by molar-refractivity contribution is 4.95. The maximum Gasteiger partial charge on any atom is 0.0329 e. The average Bonchev–Trinajstić information content (AvgIpc) is 2.24. The largest absolute Gasteiger partial charge is 0.314 e. The standard InChI is InChI=1S/C13H26N2/c1-3-13(4-2)11-14-8-9-15(13)10-12-6-5-7-12/h12,14H,3-11H2,1-2H3. The van der Waals surface area contributed by atoms with Gasteiger partial charge in [-0.3, -0.25) is 4.90 Å². The van der Waals surface area contributed by atoms with E-state index in [1.165, 1.54) is 58.3 Å². The predicted octanol–water partition coefficient (Wildman–Crippen LogP) is 2.25. The van der Waals surface area contributed by atoms with Crippen LogP contribution in [0.3, 0.4) is 0 Å². The fourth-order valence-electron chi connectivity index (χ4n) is 3.10. The molecule has 1 saturated heterocycles. The van der Waals surface area contributed by atoms with Crippen molar-refractivity contribution in [2.75, 3.05) is 26.2 Å². The lowest BCUT2D eigenvalue weighted by Gasteiger charge is -2.49. The Bertz CT molecular complexity index is 195. The second-order valence-corrected chi connectivity index (χ2v) is 5.35. The Balaban J connectivity index is 1.97. The molecule has 2 fully saturated rings. The quantitative estimate of drug-likeness (QED) is 0.765. The van der Waals surface area contributed by atoms with Crippen LogP contribution < -0.4 is 5.32 Å². The van der Waals surface area contributed by atoms with Gasteiger partial charge in [0.25, 0.3) is 0 Å². The summed E-state index contributed by atoms with van der Waals surface area (Å²) in [5, 5.41) is 3.58. The van der Waals surface area contributed by atoms with Crippen molar-refractivity contribution in [2.45, 2.75) is 51.5 Å². The molecule has 15 heavy (non-hydrogen) atoms. The van der Waals surface area contributed by atoms with E-state index in [2.05, 4.69) is 24.1 Å². The molecule has 2 nitrogen and oxygen atoms in total. The summed E-state index contributed by atoms with van der Waals surface area (Å²) in [6.45, 7) is 9.72. The van der Waals surface area contributed by atoms with Crippen molar-refractivity contribution in [3.05, 3.63) is 0 Å². The first-order valence-electron chi connectivity index (χ1n) is 6.76. The van der Waals surface area contributed by atoms with Crippen LogP contribution in [0.2, 0.25) is 0 Å². The Kier molecular flexibility index (Phi) is 3.68. The Labute approximate surface area is 94.4 Å². The maximum atomic E-state index is 3.58.